The van der Waals surface area contributed by atoms with E-state index in [-0.39, 0.29) is 0 Å². The fourth-order valence-electron chi connectivity index (χ4n) is 1.64. The lowest BCUT2D eigenvalue weighted by Crippen LogP contribution is -2.31. The molecule has 0 aromatic rings. The standard InChI is InChI=1S/C7H16N2/c1-6-3-7(4-8)9(2)5-6/h6-7H,3-5,8H2,1-2H3/t6-,7+/m1/s1. The lowest BCUT2D eigenvalue weighted by molar-refractivity contribution is 0.314. The molecule has 2 atom stereocenters. The van der Waals surface area contributed by atoms with E-state index in [0.29, 0.717) is 6.04 Å². The molecular weight excluding hydrogens is 112 g/mol. The van der Waals surface area contributed by atoms with Gasteiger partial charge in [0.2, 0.25) is 0 Å². The van der Waals surface area contributed by atoms with E-state index in [0.717, 1.165) is 12.5 Å². The molecule has 0 aliphatic carbocycles. The molecule has 0 amide bonds. The number of likely N-dealkylation sites (N-methyl/N-ethyl adjacent to an activating group) is 1. The van der Waals surface area contributed by atoms with E-state index in [1.165, 1.54) is 13.0 Å². The van der Waals surface area contributed by atoms with E-state index in [4.69, 9.17) is 5.73 Å². The Bertz CT molecular complexity index is 92.9. The molecule has 9 heavy (non-hydrogen) atoms. The van der Waals surface area contributed by atoms with Crippen LogP contribution in [-0.4, -0.2) is 31.1 Å². The molecule has 0 radical (unpaired) electrons. The molecule has 2 N–H and O–H groups in total. The predicted octanol–water partition coefficient (Wildman–Crippen LogP) is 0.285. The summed E-state index contributed by atoms with van der Waals surface area (Å²) in [4.78, 5) is 2.35. The first-order valence-electron chi connectivity index (χ1n) is 3.64. The largest absolute Gasteiger partial charge is 0.329 e. The molecular formula is C7H16N2. The summed E-state index contributed by atoms with van der Waals surface area (Å²) in [7, 11) is 2.15. The van der Waals surface area contributed by atoms with Gasteiger partial charge in [0.05, 0.1) is 0 Å². The van der Waals surface area contributed by atoms with Crippen molar-refractivity contribution in [1.29, 1.82) is 0 Å². The molecule has 0 unspecified atom stereocenters. The number of likely N-dealkylation sites (tertiary alicyclic amines) is 1. The summed E-state index contributed by atoms with van der Waals surface area (Å²) in [6.07, 6.45) is 1.28. The molecule has 0 aromatic carbocycles. The highest BCUT2D eigenvalue weighted by Gasteiger charge is 2.24. The number of hydrogen-bond acceptors (Lipinski definition) is 2. The molecule has 0 bridgehead atoms. The van der Waals surface area contributed by atoms with Gasteiger partial charge in [-0.05, 0) is 19.4 Å². The summed E-state index contributed by atoms with van der Waals surface area (Å²) in [5, 5.41) is 0. The van der Waals surface area contributed by atoms with Gasteiger partial charge < -0.3 is 10.6 Å². The van der Waals surface area contributed by atoms with Crippen LogP contribution in [0.4, 0.5) is 0 Å². The van der Waals surface area contributed by atoms with E-state index in [1.807, 2.05) is 0 Å². The Hall–Kier alpha value is -0.0800. The second-order valence-corrected chi connectivity index (χ2v) is 3.17. The fraction of sp³-hybridized carbons (Fsp3) is 1.00. The van der Waals surface area contributed by atoms with Crippen LogP contribution in [0, 0.1) is 5.92 Å². The Morgan fingerprint density at radius 3 is 2.56 bits per heavy atom. The van der Waals surface area contributed by atoms with Gasteiger partial charge in [-0.1, -0.05) is 6.92 Å². The van der Waals surface area contributed by atoms with Gasteiger partial charge >= 0.3 is 0 Å². The van der Waals surface area contributed by atoms with E-state index >= 15 is 0 Å². The summed E-state index contributed by atoms with van der Waals surface area (Å²) in [6, 6.07) is 0.653. The lowest BCUT2D eigenvalue weighted by atomic mass is 10.1. The molecule has 0 aromatic heterocycles. The van der Waals surface area contributed by atoms with Gasteiger partial charge in [0.15, 0.2) is 0 Å². The van der Waals surface area contributed by atoms with E-state index in [2.05, 4.69) is 18.9 Å². The van der Waals surface area contributed by atoms with Crippen molar-refractivity contribution < 1.29 is 0 Å². The van der Waals surface area contributed by atoms with Crippen molar-refractivity contribution in [3.63, 3.8) is 0 Å². The van der Waals surface area contributed by atoms with Crippen LogP contribution in [0.2, 0.25) is 0 Å². The van der Waals surface area contributed by atoms with Crippen molar-refractivity contribution in [3.8, 4) is 0 Å². The average Bonchev–Trinajstić information content (AvgIpc) is 2.10. The SMILES string of the molecule is C[C@@H]1C[C@@H](CN)N(C)C1. The van der Waals surface area contributed by atoms with Crippen molar-refractivity contribution >= 4 is 0 Å². The van der Waals surface area contributed by atoms with Crippen LogP contribution in [-0.2, 0) is 0 Å². The van der Waals surface area contributed by atoms with Crippen LogP contribution in [0.3, 0.4) is 0 Å². The molecule has 0 spiro atoms. The highest BCUT2D eigenvalue weighted by atomic mass is 15.2. The topological polar surface area (TPSA) is 29.3 Å². The molecule has 1 rings (SSSR count). The monoisotopic (exact) mass is 128 g/mol. The molecule has 54 valence electrons. The third-order valence-electron chi connectivity index (χ3n) is 2.17. The lowest BCUT2D eigenvalue weighted by Gasteiger charge is -2.15. The van der Waals surface area contributed by atoms with E-state index in [1.54, 1.807) is 0 Å². The normalized spacial score (nSPS) is 37.7. The number of rotatable bonds is 1. The maximum atomic E-state index is 5.54. The highest BCUT2D eigenvalue weighted by Crippen LogP contribution is 2.19. The summed E-state index contributed by atoms with van der Waals surface area (Å²) in [5.41, 5.74) is 5.54. The number of hydrogen-bond donors (Lipinski definition) is 1. The van der Waals surface area contributed by atoms with Gasteiger partial charge in [-0.15, -0.1) is 0 Å². The van der Waals surface area contributed by atoms with E-state index in [9.17, 15) is 0 Å². The van der Waals surface area contributed by atoms with Crippen molar-refractivity contribution in [2.24, 2.45) is 11.7 Å². The molecule has 1 fully saturated rings. The number of nitrogens with two attached hydrogens (primary N) is 1. The molecule has 1 saturated heterocycles. The highest BCUT2D eigenvalue weighted by molar-refractivity contribution is 4.80. The van der Waals surface area contributed by atoms with Crippen LogP contribution < -0.4 is 5.73 Å². The van der Waals surface area contributed by atoms with Gasteiger partial charge in [0.25, 0.3) is 0 Å². The Morgan fingerprint density at radius 2 is 2.33 bits per heavy atom. The maximum absolute atomic E-state index is 5.54. The summed E-state index contributed by atoms with van der Waals surface area (Å²) >= 11 is 0. The molecule has 2 nitrogen and oxygen atoms in total. The second kappa shape index (κ2) is 2.67. The zero-order valence-electron chi connectivity index (χ0n) is 6.30. The van der Waals surface area contributed by atoms with Crippen molar-refractivity contribution in [2.45, 2.75) is 19.4 Å². The molecule has 1 aliphatic rings. The first kappa shape index (κ1) is 7.03. The second-order valence-electron chi connectivity index (χ2n) is 3.17. The molecule has 0 saturated carbocycles. The van der Waals surface area contributed by atoms with Crippen LogP contribution in [0.5, 0.6) is 0 Å². The van der Waals surface area contributed by atoms with Gasteiger partial charge in [0, 0.05) is 19.1 Å². The molecule has 2 heteroatoms. The van der Waals surface area contributed by atoms with Crippen molar-refractivity contribution in [3.05, 3.63) is 0 Å². The van der Waals surface area contributed by atoms with Crippen LogP contribution >= 0.6 is 0 Å². The Balaban J connectivity index is 2.38. The maximum Gasteiger partial charge on any atom is 0.0218 e. The summed E-state index contributed by atoms with van der Waals surface area (Å²) in [5.74, 6) is 0.851. The Morgan fingerprint density at radius 1 is 1.67 bits per heavy atom. The smallest absolute Gasteiger partial charge is 0.0218 e. The van der Waals surface area contributed by atoms with E-state index < -0.39 is 0 Å². The molecule has 1 heterocycles. The first-order chi connectivity index (χ1) is 4.24. The van der Waals surface area contributed by atoms with Gasteiger partial charge in [-0.25, -0.2) is 0 Å². The third-order valence-corrected chi connectivity index (χ3v) is 2.17. The van der Waals surface area contributed by atoms with Gasteiger partial charge in [-0.2, -0.15) is 0 Å². The van der Waals surface area contributed by atoms with Crippen LogP contribution in [0.15, 0.2) is 0 Å². The zero-order chi connectivity index (χ0) is 6.85. The van der Waals surface area contributed by atoms with Crippen molar-refractivity contribution in [1.82, 2.24) is 4.90 Å². The summed E-state index contributed by atoms with van der Waals surface area (Å²) in [6.45, 7) is 4.33. The average molecular weight is 128 g/mol. The minimum absolute atomic E-state index is 0.653. The predicted molar refractivity (Wildman–Crippen MR) is 39.3 cm³/mol. The summed E-state index contributed by atoms with van der Waals surface area (Å²) < 4.78 is 0. The number of nitrogens with zero attached hydrogens (tertiary/aromatic N) is 1. The minimum Gasteiger partial charge on any atom is -0.329 e. The van der Waals surface area contributed by atoms with Crippen LogP contribution in [0.1, 0.15) is 13.3 Å². The third kappa shape index (κ3) is 1.43. The van der Waals surface area contributed by atoms with Gasteiger partial charge in [-0.3, -0.25) is 0 Å². The quantitative estimate of drug-likeness (QED) is 0.550. The van der Waals surface area contributed by atoms with Crippen LogP contribution in [0.25, 0.3) is 0 Å². The Kier molecular flexibility index (Phi) is 2.09. The first-order valence-corrected chi connectivity index (χ1v) is 3.64. The van der Waals surface area contributed by atoms with Gasteiger partial charge in [0.1, 0.15) is 0 Å². The minimum atomic E-state index is 0.653. The molecule has 1 aliphatic heterocycles. The Labute approximate surface area is 57.0 Å². The fourth-order valence-corrected chi connectivity index (χ4v) is 1.64. The van der Waals surface area contributed by atoms with Crippen molar-refractivity contribution in [2.75, 3.05) is 20.1 Å². The zero-order valence-corrected chi connectivity index (χ0v) is 6.30.